The highest BCUT2D eigenvalue weighted by atomic mass is 32.1. The van der Waals surface area contributed by atoms with Crippen molar-refractivity contribution in [2.75, 3.05) is 6.54 Å². The number of urea groups is 1. The van der Waals surface area contributed by atoms with E-state index in [1.807, 2.05) is 22.3 Å². The first-order valence-corrected chi connectivity index (χ1v) is 11.8. The average Bonchev–Trinajstić information content (AvgIpc) is 3.69. The lowest BCUT2D eigenvalue weighted by Crippen LogP contribution is -2.51. The van der Waals surface area contributed by atoms with Crippen LogP contribution in [0.5, 0.6) is 0 Å². The molecule has 1 aliphatic heterocycles. The van der Waals surface area contributed by atoms with Crippen molar-refractivity contribution < 1.29 is 9.59 Å². The minimum absolute atomic E-state index is 0.253. The second-order valence-corrected chi connectivity index (χ2v) is 9.90. The molecule has 3 aromatic heterocycles. The molecule has 3 atom stereocenters. The lowest BCUT2D eigenvalue weighted by Gasteiger charge is -2.22. The Morgan fingerprint density at radius 3 is 2.84 bits per heavy atom. The number of nitrogens with zero attached hydrogens (tertiary/aromatic N) is 4. The molecule has 2 saturated carbocycles. The molecule has 4 heterocycles. The SMILES string of the molecule is O=C1NCC(c2cc([C@H]3C[C@@H]3c3ccc4ncsc4c3)c3nc(C4CC4)cn3n2)C(=O)N1. The summed E-state index contributed by atoms with van der Waals surface area (Å²) in [6, 6.07) is 8.11. The van der Waals surface area contributed by atoms with Gasteiger partial charge in [-0.05, 0) is 54.9 Å². The molecule has 32 heavy (non-hydrogen) atoms. The Balaban J connectivity index is 1.30. The van der Waals surface area contributed by atoms with Crippen LogP contribution in [-0.4, -0.2) is 38.1 Å². The number of aromatic nitrogens is 4. The zero-order chi connectivity index (χ0) is 21.4. The van der Waals surface area contributed by atoms with Crippen molar-refractivity contribution in [3.8, 4) is 0 Å². The maximum Gasteiger partial charge on any atom is 0.321 e. The highest BCUT2D eigenvalue weighted by Gasteiger charge is 2.42. The van der Waals surface area contributed by atoms with Crippen LogP contribution in [0.4, 0.5) is 4.79 Å². The quantitative estimate of drug-likeness (QED) is 0.502. The summed E-state index contributed by atoms with van der Waals surface area (Å²) >= 11 is 1.66. The van der Waals surface area contributed by atoms with Crippen LogP contribution < -0.4 is 10.6 Å². The molecule has 3 amide bonds. The summed E-state index contributed by atoms with van der Waals surface area (Å²) in [6.45, 7) is 0.253. The molecule has 0 bridgehead atoms. The molecule has 1 unspecified atom stereocenters. The van der Waals surface area contributed by atoms with Crippen LogP contribution in [0, 0.1) is 0 Å². The fourth-order valence-electron chi connectivity index (χ4n) is 4.84. The van der Waals surface area contributed by atoms with Gasteiger partial charge in [-0.25, -0.2) is 19.3 Å². The molecule has 2 aliphatic carbocycles. The van der Waals surface area contributed by atoms with Crippen molar-refractivity contribution in [3.05, 3.63) is 58.5 Å². The highest BCUT2D eigenvalue weighted by molar-refractivity contribution is 7.16. The number of hydrogen-bond donors (Lipinski definition) is 2. The highest BCUT2D eigenvalue weighted by Crippen LogP contribution is 2.56. The van der Waals surface area contributed by atoms with E-state index >= 15 is 0 Å². The lowest BCUT2D eigenvalue weighted by atomic mass is 9.99. The van der Waals surface area contributed by atoms with E-state index in [4.69, 9.17) is 10.1 Å². The summed E-state index contributed by atoms with van der Waals surface area (Å²) in [4.78, 5) is 33.4. The van der Waals surface area contributed by atoms with Gasteiger partial charge in [0.25, 0.3) is 0 Å². The van der Waals surface area contributed by atoms with Crippen molar-refractivity contribution in [2.24, 2.45) is 0 Å². The number of thiazole rings is 1. The monoisotopic (exact) mass is 444 g/mol. The van der Waals surface area contributed by atoms with Gasteiger partial charge in [0, 0.05) is 18.0 Å². The minimum atomic E-state index is -0.506. The van der Waals surface area contributed by atoms with Crippen LogP contribution in [0.15, 0.2) is 36.0 Å². The average molecular weight is 445 g/mol. The van der Waals surface area contributed by atoms with Crippen LogP contribution in [0.2, 0.25) is 0 Å². The van der Waals surface area contributed by atoms with E-state index in [1.165, 1.54) is 23.1 Å². The Morgan fingerprint density at radius 1 is 1.09 bits per heavy atom. The van der Waals surface area contributed by atoms with Gasteiger partial charge in [-0.15, -0.1) is 11.3 Å². The molecule has 0 spiro atoms. The van der Waals surface area contributed by atoms with Gasteiger partial charge in [0.2, 0.25) is 5.91 Å². The number of hydrogen-bond acceptors (Lipinski definition) is 6. The first-order valence-electron chi connectivity index (χ1n) is 11.0. The number of carbonyl (C=O) groups is 2. The Bertz CT molecular complexity index is 1420. The predicted octanol–water partition coefficient (Wildman–Crippen LogP) is 3.41. The summed E-state index contributed by atoms with van der Waals surface area (Å²) in [5, 5.41) is 9.82. The predicted molar refractivity (Wildman–Crippen MR) is 119 cm³/mol. The fraction of sp³-hybridized carbons (Fsp3) is 0.348. The molecule has 160 valence electrons. The molecular formula is C23H20N6O2S. The van der Waals surface area contributed by atoms with Crippen molar-refractivity contribution in [3.63, 3.8) is 0 Å². The Hall–Kier alpha value is -3.33. The Kier molecular flexibility index (Phi) is 3.76. The number of benzene rings is 1. The second-order valence-electron chi connectivity index (χ2n) is 9.01. The van der Waals surface area contributed by atoms with Gasteiger partial charge < -0.3 is 5.32 Å². The van der Waals surface area contributed by atoms with Gasteiger partial charge in [0.15, 0.2) is 5.65 Å². The number of nitrogens with one attached hydrogen (secondary N) is 2. The third kappa shape index (κ3) is 2.91. The van der Waals surface area contributed by atoms with E-state index in [0.717, 1.165) is 28.8 Å². The lowest BCUT2D eigenvalue weighted by molar-refractivity contribution is -0.122. The van der Waals surface area contributed by atoms with Crippen molar-refractivity contribution in [1.82, 2.24) is 30.2 Å². The maximum absolute atomic E-state index is 12.5. The zero-order valence-electron chi connectivity index (χ0n) is 17.1. The zero-order valence-corrected chi connectivity index (χ0v) is 17.9. The molecule has 8 nitrogen and oxygen atoms in total. The Morgan fingerprint density at radius 2 is 2.00 bits per heavy atom. The van der Waals surface area contributed by atoms with Gasteiger partial charge >= 0.3 is 6.03 Å². The van der Waals surface area contributed by atoms with E-state index in [1.54, 1.807) is 11.3 Å². The van der Waals surface area contributed by atoms with Crippen molar-refractivity contribution in [1.29, 1.82) is 0 Å². The van der Waals surface area contributed by atoms with Crippen molar-refractivity contribution in [2.45, 2.75) is 42.9 Å². The first-order chi connectivity index (χ1) is 15.6. The normalized spacial score (nSPS) is 25.2. The summed E-state index contributed by atoms with van der Waals surface area (Å²) in [6.07, 6.45) is 5.40. The van der Waals surface area contributed by atoms with Gasteiger partial charge in [0.05, 0.1) is 39.2 Å². The summed E-state index contributed by atoms with van der Waals surface area (Å²) in [5.74, 6) is 0.460. The van der Waals surface area contributed by atoms with Gasteiger partial charge in [0.1, 0.15) is 0 Å². The topological polar surface area (TPSA) is 101 Å². The molecule has 0 radical (unpaired) electrons. The summed E-state index contributed by atoms with van der Waals surface area (Å²) in [5.41, 5.74) is 8.03. The molecule has 9 heteroatoms. The summed E-state index contributed by atoms with van der Waals surface area (Å²) < 4.78 is 3.06. The fourth-order valence-corrected chi connectivity index (χ4v) is 5.56. The van der Waals surface area contributed by atoms with Gasteiger partial charge in [-0.2, -0.15) is 5.10 Å². The third-order valence-corrected chi connectivity index (χ3v) is 7.63. The molecule has 2 N–H and O–H groups in total. The van der Waals surface area contributed by atoms with Gasteiger partial charge in [-0.1, -0.05) is 6.07 Å². The smallest absolute Gasteiger partial charge is 0.321 e. The first kappa shape index (κ1) is 18.3. The van der Waals surface area contributed by atoms with E-state index in [-0.39, 0.29) is 12.5 Å². The molecule has 4 aromatic rings. The maximum atomic E-state index is 12.5. The number of fused-ring (bicyclic) bond motifs is 2. The van der Waals surface area contributed by atoms with Crippen LogP contribution in [-0.2, 0) is 4.79 Å². The van der Waals surface area contributed by atoms with Crippen LogP contribution in [0.25, 0.3) is 15.9 Å². The number of amides is 3. The number of imide groups is 1. The second kappa shape index (κ2) is 6.59. The Labute approximate surface area is 187 Å². The summed E-state index contributed by atoms with van der Waals surface area (Å²) in [7, 11) is 0. The molecular weight excluding hydrogens is 424 g/mol. The van der Waals surface area contributed by atoms with Crippen LogP contribution in [0.1, 0.15) is 65.4 Å². The third-order valence-electron chi connectivity index (χ3n) is 6.84. The number of carbonyl (C=O) groups excluding carboxylic acids is 2. The van der Waals surface area contributed by atoms with E-state index in [2.05, 4.69) is 33.8 Å². The molecule has 1 saturated heterocycles. The van der Waals surface area contributed by atoms with E-state index in [9.17, 15) is 9.59 Å². The molecule has 7 rings (SSSR count). The van der Waals surface area contributed by atoms with Crippen LogP contribution in [0.3, 0.4) is 0 Å². The molecule has 3 aliphatic rings. The largest absolute Gasteiger partial charge is 0.337 e. The van der Waals surface area contributed by atoms with Crippen molar-refractivity contribution >= 4 is 39.1 Å². The molecule has 3 fully saturated rings. The molecule has 1 aromatic carbocycles. The van der Waals surface area contributed by atoms with Crippen LogP contribution >= 0.6 is 11.3 Å². The van der Waals surface area contributed by atoms with E-state index in [0.29, 0.717) is 23.4 Å². The standard InChI is InChI=1S/C23H20N6O2S/c30-22-16(8-24-23(31)27-22)18-7-15(21-26-19(11-1-2-11)9-29(21)28-18)14-6-13(14)12-3-4-17-20(5-12)32-10-25-17/h3-5,7,9-11,13-14,16H,1-2,6,8H2,(H2,24,27,30,31)/t13-,14+,16?/m1/s1. The number of imidazole rings is 1. The number of rotatable bonds is 4. The van der Waals surface area contributed by atoms with E-state index < -0.39 is 11.9 Å². The van der Waals surface area contributed by atoms with Gasteiger partial charge in [-0.3, -0.25) is 10.1 Å². The minimum Gasteiger partial charge on any atom is -0.337 e.